The van der Waals surface area contributed by atoms with Crippen molar-refractivity contribution in [2.75, 3.05) is 0 Å². The summed E-state index contributed by atoms with van der Waals surface area (Å²) in [4.78, 5) is 4.14. The smallest absolute Gasteiger partial charge is 0.166 e. The van der Waals surface area contributed by atoms with Gasteiger partial charge in [-0.15, -0.1) is 0 Å². The van der Waals surface area contributed by atoms with E-state index < -0.39 is 0 Å². The highest BCUT2D eigenvalue weighted by molar-refractivity contribution is 7.80. The normalized spacial score (nSPS) is 16.3. The zero-order chi connectivity index (χ0) is 12.8. The predicted molar refractivity (Wildman–Crippen MR) is 78.4 cm³/mol. The zero-order valence-corrected chi connectivity index (χ0v) is 11.7. The summed E-state index contributed by atoms with van der Waals surface area (Å²) in [6.07, 6.45) is 10.2. The number of aryl methyl sites for hydroxylation is 1. The van der Waals surface area contributed by atoms with Crippen LogP contribution in [0.3, 0.4) is 0 Å². The van der Waals surface area contributed by atoms with E-state index in [1.54, 1.807) is 0 Å². The number of hydrogen-bond donors (Lipinski definition) is 2. The standard InChI is InChI=1S/C14H21N3S/c1-11-7-8-15-9-12(11)10-16-14(18)17-13-5-3-2-4-6-13/h7-9,13H,2-6,10H2,1H3,(H2,16,17,18). The van der Waals surface area contributed by atoms with E-state index in [0.717, 1.165) is 11.7 Å². The van der Waals surface area contributed by atoms with Gasteiger partial charge in [0.05, 0.1) is 0 Å². The van der Waals surface area contributed by atoms with Crippen LogP contribution in [0.2, 0.25) is 0 Å². The molecule has 2 rings (SSSR count). The van der Waals surface area contributed by atoms with Crippen LogP contribution in [0.15, 0.2) is 18.5 Å². The molecular weight excluding hydrogens is 242 g/mol. The third-order valence-corrected chi connectivity index (χ3v) is 3.79. The van der Waals surface area contributed by atoms with Crippen LogP contribution in [-0.4, -0.2) is 16.1 Å². The number of nitrogens with zero attached hydrogens (tertiary/aromatic N) is 1. The van der Waals surface area contributed by atoms with Crippen molar-refractivity contribution in [3.05, 3.63) is 29.6 Å². The lowest BCUT2D eigenvalue weighted by atomic mass is 9.96. The number of aromatic nitrogens is 1. The summed E-state index contributed by atoms with van der Waals surface area (Å²) in [7, 11) is 0. The molecule has 98 valence electrons. The number of rotatable bonds is 3. The van der Waals surface area contributed by atoms with Gasteiger partial charge >= 0.3 is 0 Å². The molecule has 1 aliphatic carbocycles. The van der Waals surface area contributed by atoms with Crippen LogP contribution in [0.1, 0.15) is 43.2 Å². The Labute approximate surface area is 114 Å². The van der Waals surface area contributed by atoms with E-state index in [1.165, 1.54) is 43.2 Å². The number of thiocarbonyl (C=S) groups is 1. The molecule has 0 radical (unpaired) electrons. The van der Waals surface area contributed by atoms with Gasteiger partial charge in [0.1, 0.15) is 0 Å². The Bertz CT molecular complexity index is 400. The van der Waals surface area contributed by atoms with Crippen molar-refractivity contribution in [2.45, 2.75) is 51.6 Å². The lowest BCUT2D eigenvalue weighted by molar-refractivity contribution is 0.412. The minimum Gasteiger partial charge on any atom is -0.360 e. The molecule has 1 aromatic heterocycles. The molecule has 1 saturated carbocycles. The second-order valence-electron chi connectivity index (χ2n) is 4.96. The summed E-state index contributed by atoms with van der Waals surface area (Å²) in [5.41, 5.74) is 2.45. The predicted octanol–water partition coefficient (Wildman–Crippen LogP) is 2.69. The Balaban J connectivity index is 1.76. The molecule has 18 heavy (non-hydrogen) atoms. The first-order chi connectivity index (χ1) is 8.75. The van der Waals surface area contributed by atoms with Gasteiger partial charge in [-0.2, -0.15) is 0 Å². The van der Waals surface area contributed by atoms with Crippen molar-refractivity contribution >= 4 is 17.3 Å². The zero-order valence-electron chi connectivity index (χ0n) is 10.9. The van der Waals surface area contributed by atoms with Crippen molar-refractivity contribution in [3.63, 3.8) is 0 Å². The molecule has 0 aliphatic heterocycles. The lowest BCUT2D eigenvalue weighted by Crippen LogP contribution is -2.42. The van der Waals surface area contributed by atoms with Gasteiger partial charge < -0.3 is 10.6 Å². The largest absolute Gasteiger partial charge is 0.360 e. The number of nitrogens with one attached hydrogen (secondary N) is 2. The molecular formula is C14H21N3S. The second kappa shape index (κ2) is 6.69. The van der Waals surface area contributed by atoms with Crippen LogP contribution in [-0.2, 0) is 6.54 Å². The summed E-state index contributed by atoms with van der Waals surface area (Å²) >= 11 is 5.33. The van der Waals surface area contributed by atoms with E-state index in [9.17, 15) is 0 Å². The maximum atomic E-state index is 5.33. The monoisotopic (exact) mass is 263 g/mol. The molecule has 2 N–H and O–H groups in total. The Morgan fingerprint density at radius 3 is 2.89 bits per heavy atom. The van der Waals surface area contributed by atoms with Crippen molar-refractivity contribution in [3.8, 4) is 0 Å². The van der Waals surface area contributed by atoms with Gasteiger partial charge in [0.25, 0.3) is 0 Å². The Morgan fingerprint density at radius 2 is 2.17 bits per heavy atom. The highest BCUT2D eigenvalue weighted by atomic mass is 32.1. The Hall–Kier alpha value is -1.16. The maximum Gasteiger partial charge on any atom is 0.166 e. The minimum absolute atomic E-state index is 0.564. The van der Waals surface area contributed by atoms with Crippen LogP contribution in [0.5, 0.6) is 0 Å². The van der Waals surface area contributed by atoms with Crippen LogP contribution in [0, 0.1) is 6.92 Å². The molecule has 0 amide bonds. The average molecular weight is 263 g/mol. The molecule has 0 saturated heterocycles. The van der Waals surface area contributed by atoms with Crippen molar-refractivity contribution in [1.29, 1.82) is 0 Å². The fraction of sp³-hybridized carbons (Fsp3) is 0.571. The summed E-state index contributed by atoms with van der Waals surface area (Å²) < 4.78 is 0. The van der Waals surface area contributed by atoms with E-state index in [1.807, 2.05) is 18.5 Å². The fourth-order valence-electron chi connectivity index (χ4n) is 2.34. The third-order valence-electron chi connectivity index (χ3n) is 3.53. The second-order valence-corrected chi connectivity index (χ2v) is 5.37. The highest BCUT2D eigenvalue weighted by Crippen LogP contribution is 2.17. The van der Waals surface area contributed by atoms with E-state index in [2.05, 4.69) is 22.5 Å². The highest BCUT2D eigenvalue weighted by Gasteiger charge is 2.13. The molecule has 1 aliphatic rings. The Kier molecular flexibility index (Phi) is 4.93. The SMILES string of the molecule is Cc1ccncc1CNC(=S)NC1CCCCC1. The van der Waals surface area contributed by atoms with Crippen LogP contribution in [0.25, 0.3) is 0 Å². The molecule has 1 aromatic rings. The summed E-state index contributed by atoms with van der Waals surface area (Å²) in [5.74, 6) is 0. The molecule has 1 fully saturated rings. The van der Waals surface area contributed by atoms with Crippen molar-refractivity contribution < 1.29 is 0 Å². The molecule has 3 nitrogen and oxygen atoms in total. The molecule has 0 unspecified atom stereocenters. The minimum atomic E-state index is 0.564. The summed E-state index contributed by atoms with van der Waals surface area (Å²) in [6, 6.07) is 2.59. The quantitative estimate of drug-likeness (QED) is 0.822. The van der Waals surface area contributed by atoms with Crippen molar-refractivity contribution in [2.24, 2.45) is 0 Å². The third kappa shape index (κ3) is 3.95. The first-order valence-corrected chi connectivity index (χ1v) is 7.10. The van der Waals surface area contributed by atoms with E-state index in [-0.39, 0.29) is 0 Å². The van der Waals surface area contributed by atoms with Gasteiger partial charge in [-0.05, 0) is 49.2 Å². The fourth-order valence-corrected chi connectivity index (χ4v) is 2.58. The van der Waals surface area contributed by atoms with Gasteiger partial charge in [-0.25, -0.2) is 0 Å². The van der Waals surface area contributed by atoms with Gasteiger partial charge in [-0.3, -0.25) is 4.98 Å². The molecule has 4 heteroatoms. The molecule has 0 bridgehead atoms. The molecule has 0 aromatic carbocycles. The molecule has 1 heterocycles. The number of hydrogen-bond acceptors (Lipinski definition) is 2. The average Bonchev–Trinajstić information content (AvgIpc) is 2.39. The summed E-state index contributed by atoms with van der Waals surface area (Å²) in [5, 5.41) is 7.44. The topological polar surface area (TPSA) is 37.0 Å². The van der Waals surface area contributed by atoms with Crippen LogP contribution in [0.4, 0.5) is 0 Å². The van der Waals surface area contributed by atoms with Crippen molar-refractivity contribution in [1.82, 2.24) is 15.6 Å². The lowest BCUT2D eigenvalue weighted by Gasteiger charge is -2.24. The molecule has 0 spiro atoms. The maximum absolute atomic E-state index is 5.33. The van der Waals surface area contributed by atoms with Gasteiger partial charge in [0.15, 0.2) is 5.11 Å². The van der Waals surface area contributed by atoms with E-state index in [4.69, 9.17) is 12.2 Å². The summed E-state index contributed by atoms with van der Waals surface area (Å²) in [6.45, 7) is 2.84. The van der Waals surface area contributed by atoms with Crippen LogP contribution >= 0.6 is 12.2 Å². The van der Waals surface area contributed by atoms with Crippen LogP contribution < -0.4 is 10.6 Å². The van der Waals surface area contributed by atoms with Gasteiger partial charge in [-0.1, -0.05) is 19.3 Å². The van der Waals surface area contributed by atoms with E-state index in [0.29, 0.717) is 6.04 Å². The first-order valence-electron chi connectivity index (χ1n) is 6.69. The number of pyridine rings is 1. The Morgan fingerprint density at radius 1 is 1.39 bits per heavy atom. The van der Waals surface area contributed by atoms with Gasteiger partial charge in [0.2, 0.25) is 0 Å². The van der Waals surface area contributed by atoms with E-state index >= 15 is 0 Å². The van der Waals surface area contributed by atoms with Gasteiger partial charge in [0, 0.05) is 25.0 Å². The molecule has 0 atom stereocenters. The first kappa shape index (κ1) is 13.3.